The summed E-state index contributed by atoms with van der Waals surface area (Å²) in [5, 5.41) is 8.85. The quantitative estimate of drug-likeness (QED) is 0.922. The Morgan fingerprint density at radius 3 is 2.67 bits per heavy atom. The summed E-state index contributed by atoms with van der Waals surface area (Å²) in [6.45, 7) is 6.87. The van der Waals surface area contributed by atoms with Gasteiger partial charge in [0.15, 0.2) is 0 Å². The average Bonchev–Trinajstić information content (AvgIpc) is 2.66. The van der Waals surface area contributed by atoms with Gasteiger partial charge < -0.3 is 10.0 Å². The number of amides is 1. The second-order valence-electron chi connectivity index (χ2n) is 5.39. The zero-order valence-electron chi connectivity index (χ0n) is 12.6. The van der Waals surface area contributed by atoms with E-state index in [0.717, 1.165) is 24.3 Å². The van der Waals surface area contributed by atoms with Gasteiger partial charge in [0.05, 0.1) is 11.4 Å². The maximum Gasteiger partial charge on any atom is 0.317 e. The number of carboxylic acid groups (broad SMARTS) is 1. The lowest BCUT2D eigenvalue weighted by atomic mass is 10.2. The Morgan fingerprint density at radius 2 is 2.05 bits per heavy atom. The van der Waals surface area contributed by atoms with E-state index in [1.807, 2.05) is 22.8 Å². The van der Waals surface area contributed by atoms with Gasteiger partial charge in [-0.05, 0) is 31.4 Å². The molecule has 0 bridgehead atoms. The fourth-order valence-corrected chi connectivity index (χ4v) is 3.74. The number of carbonyl (C=O) groups is 2. The molecule has 0 atom stereocenters. The van der Waals surface area contributed by atoms with Crippen molar-refractivity contribution in [2.24, 2.45) is 0 Å². The van der Waals surface area contributed by atoms with E-state index in [9.17, 15) is 9.59 Å². The molecule has 0 radical (unpaired) electrons. The first-order valence-electron chi connectivity index (χ1n) is 7.34. The smallest absolute Gasteiger partial charge is 0.317 e. The first-order chi connectivity index (χ1) is 10.0. The van der Waals surface area contributed by atoms with Gasteiger partial charge in [-0.2, -0.15) is 0 Å². The minimum atomic E-state index is -0.809. The zero-order valence-corrected chi connectivity index (χ0v) is 13.4. The summed E-state index contributed by atoms with van der Waals surface area (Å²) >= 11 is 1.58. The standard InChI is InChI=1S/C15H22N2O3S/c1-3-12-11(2)9-13(21-12)15(20)17-6-4-5-16(7-8-17)10-14(18)19/h9H,3-8,10H2,1-2H3,(H,18,19). The van der Waals surface area contributed by atoms with Gasteiger partial charge in [0.2, 0.25) is 0 Å². The van der Waals surface area contributed by atoms with Gasteiger partial charge in [0, 0.05) is 31.1 Å². The molecule has 1 fully saturated rings. The number of hydrogen-bond acceptors (Lipinski definition) is 4. The SMILES string of the molecule is CCc1sc(C(=O)N2CCCN(CC(=O)O)CC2)cc1C. The molecule has 2 heterocycles. The summed E-state index contributed by atoms with van der Waals surface area (Å²) in [4.78, 5) is 29.1. The lowest BCUT2D eigenvalue weighted by molar-refractivity contribution is -0.138. The lowest BCUT2D eigenvalue weighted by Crippen LogP contribution is -2.36. The van der Waals surface area contributed by atoms with Crippen LogP contribution < -0.4 is 0 Å². The van der Waals surface area contributed by atoms with Gasteiger partial charge in [0.25, 0.3) is 5.91 Å². The van der Waals surface area contributed by atoms with Crippen LogP contribution in [0.4, 0.5) is 0 Å². The molecule has 0 aromatic carbocycles. The van der Waals surface area contributed by atoms with E-state index >= 15 is 0 Å². The van der Waals surface area contributed by atoms with Crippen molar-refractivity contribution in [3.63, 3.8) is 0 Å². The van der Waals surface area contributed by atoms with Crippen LogP contribution in [0.1, 0.15) is 33.5 Å². The van der Waals surface area contributed by atoms with Gasteiger partial charge in [-0.15, -0.1) is 11.3 Å². The van der Waals surface area contributed by atoms with Gasteiger partial charge in [0.1, 0.15) is 0 Å². The first kappa shape index (κ1) is 16.0. The van der Waals surface area contributed by atoms with E-state index in [4.69, 9.17) is 5.11 Å². The molecule has 2 rings (SSSR count). The van der Waals surface area contributed by atoms with Gasteiger partial charge >= 0.3 is 5.97 Å². The van der Waals surface area contributed by atoms with Gasteiger partial charge in [-0.3, -0.25) is 14.5 Å². The summed E-state index contributed by atoms with van der Waals surface area (Å²) in [5.41, 5.74) is 1.19. The lowest BCUT2D eigenvalue weighted by Gasteiger charge is -2.20. The molecule has 0 saturated carbocycles. The number of rotatable bonds is 4. The maximum absolute atomic E-state index is 12.6. The Balaban J connectivity index is 2.01. The summed E-state index contributed by atoms with van der Waals surface area (Å²) in [7, 11) is 0. The summed E-state index contributed by atoms with van der Waals surface area (Å²) < 4.78 is 0. The second-order valence-corrected chi connectivity index (χ2v) is 6.52. The Morgan fingerprint density at radius 1 is 1.29 bits per heavy atom. The fourth-order valence-electron chi connectivity index (χ4n) is 2.66. The average molecular weight is 310 g/mol. The molecule has 5 nitrogen and oxygen atoms in total. The van der Waals surface area contributed by atoms with Crippen LogP contribution in [0.3, 0.4) is 0 Å². The molecule has 6 heteroatoms. The molecule has 1 aromatic rings. The van der Waals surface area contributed by atoms with E-state index in [2.05, 4.69) is 6.92 Å². The Hall–Kier alpha value is -1.40. The number of aryl methyl sites for hydroxylation is 2. The van der Waals surface area contributed by atoms with Crippen molar-refractivity contribution in [3.8, 4) is 0 Å². The Bertz CT molecular complexity index is 527. The number of nitrogens with zero attached hydrogens (tertiary/aromatic N) is 2. The van der Waals surface area contributed by atoms with E-state index in [-0.39, 0.29) is 12.5 Å². The highest BCUT2D eigenvalue weighted by Crippen LogP contribution is 2.24. The van der Waals surface area contributed by atoms with Gasteiger partial charge in [-0.25, -0.2) is 0 Å². The molecule has 0 spiro atoms. The van der Waals surface area contributed by atoms with E-state index < -0.39 is 5.97 Å². The largest absolute Gasteiger partial charge is 0.480 e. The summed E-state index contributed by atoms with van der Waals surface area (Å²) in [5.74, 6) is -0.726. The van der Waals surface area contributed by atoms with E-state index in [1.54, 1.807) is 11.3 Å². The highest BCUT2D eigenvalue weighted by molar-refractivity contribution is 7.14. The highest BCUT2D eigenvalue weighted by Gasteiger charge is 2.22. The zero-order chi connectivity index (χ0) is 15.4. The van der Waals surface area contributed by atoms with Crippen molar-refractivity contribution in [1.82, 2.24) is 9.80 Å². The third kappa shape index (κ3) is 4.04. The highest BCUT2D eigenvalue weighted by atomic mass is 32.1. The van der Waals surface area contributed by atoms with Crippen LogP contribution >= 0.6 is 11.3 Å². The van der Waals surface area contributed by atoms with Crippen LogP contribution in [-0.4, -0.2) is 59.5 Å². The number of aliphatic carboxylic acids is 1. The van der Waals surface area contributed by atoms with Crippen molar-refractivity contribution in [1.29, 1.82) is 0 Å². The van der Waals surface area contributed by atoms with Crippen molar-refractivity contribution < 1.29 is 14.7 Å². The summed E-state index contributed by atoms with van der Waals surface area (Å²) in [6, 6.07) is 1.98. The van der Waals surface area contributed by atoms with Crippen molar-refractivity contribution in [3.05, 3.63) is 21.4 Å². The van der Waals surface area contributed by atoms with Crippen LogP contribution in [-0.2, 0) is 11.2 Å². The predicted octanol–water partition coefficient (Wildman–Crippen LogP) is 1.85. The van der Waals surface area contributed by atoms with Crippen LogP contribution in [0.25, 0.3) is 0 Å². The molecular weight excluding hydrogens is 288 g/mol. The number of thiophene rings is 1. The molecule has 0 aliphatic carbocycles. The van der Waals surface area contributed by atoms with Crippen LogP contribution in [0.5, 0.6) is 0 Å². The molecule has 1 aliphatic heterocycles. The topological polar surface area (TPSA) is 60.9 Å². The molecular formula is C15H22N2O3S. The van der Waals surface area contributed by atoms with Crippen molar-refractivity contribution in [2.75, 3.05) is 32.7 Å². The van der Waals surface area contributed by atoms with Crippen LogP contribution in [0, 0.1) is 6.92 Å². The Kier molecular flexibility index (Phi) is 5.36. The molecule has 1 amide bonds. The number of hydrogen-bond donors (Lipinski definition) is 1. The molecule has 1 N–H and O–H groups in total. The monoisotopic (exact) mass is 310 g/mol. The minimum Gasteiger partial charge on any atom is -0.480 e. The van der Waals surface area contributed by atoms with E-state index in [1.165, 1.54) is 10.4 Å². The number of carboxylic acids is 1. The van der Waals surface area contributed by atoms with E-state index in [0.29, 0.717) is 19.6 Å². The fraction of sp³-hybridized carbons (Fsp3) is 0.600. The molecule has 1 saturated heterocycles. The molecule has 1 aromatic heterocycles. The molecule has 21 heavy (non-hydrogen) atoms. The van der Waals surface area contributed by atoms with Crippen LogP contribution in [0.2, 0.25) is 0 Å². The molecule has 116 valence electrons. The third-order valence-electron chi connectivity index (χ3n) is 3.79. The summed E-state index contributed by atoms with van der Waals surface area (Å²) in [6.07, 6.45) is 1.78. The molecule has 0 unspecified atom stereocenters. The first-order valence-corrected chi connectivity index (χ1v) is 8.15. The molecule has 1 aliphatic rings. The second kappa shape index (κ2) is 7.04. The van der Waals surface area contributed by atoms with Crippen molar-refractivity contribution in [2.45, 2.75) is 26.7 Å². The van der Waals surface area contributed by atoms with Crippen molar-refractivity contribution >= 4 is 23.2 Å². The Labute approximate surface area is 129 Å². The maximum atomic E-state index is 12.6. The predicted molar refractivity (Wildman–Crippen MR) is 83.0 cm³/mol. The number of carbonyl (C=O) groups excluding carboxylic acids is 1. The third-order valence-corrected chi connectivity index (χ3v) is 5.16. The normalized spacial score (nSPS) is 16.8. The minimum absolute atomic E-state index is 0.0557. The van der Waals surface area contributed by atoms with Crippen LogP contribution in [0.15, 0.2) is 6.07 Å². The van der Waals surface area contributed by atoms with Gasteiger partial charge in [-0.1, -0.05) is 6.92 Å².